The van der Waals surface area contributed by atoms with Crippen LogP contribution in [-0.2, 0) is 0 Å². The van der Waals surface area contributed by atoms with Gasteiger partial charge in [-0.3, -0.25) is 0 Å². The topological polar surface area (TPSA) is 12.0 Å². The normalized spacial score (nSPS) is 18.8. The van der Waals surface area contributed by atoms with E-state index in [-0.39, 0.29) is 6.04 Å². The molecule has 1 aromatic rings. The molecule has 0 heterocycles. The number of rotatable bonds is 5. The lowest BCUT2D eigenvalue weighted by atomic mass is 9.87. The smallest absolute Gasteiger partial charge is 0.126 e. The number of nitrogens with one attached hydrogen (secondary N) is 1. The van der Waals surface area contributed by atoms with Crippen LogP contribution in [-0.4, -0.2) is 6.54 Å². The highest BCUT2D eigenvalue weighted by Gasteiger charge is 2.24. The van der Waals surface area contributed by atoms with E-state index in [0.29, 0.717) is 5.92 Å². The second-order valence-corrected chi connectivity index (χ2v) is 5.89. The molecule has 0 bridgehead atoms. The van der Waals surface area contributed by atoms with Crippen LogP contribution < -0.4 is 5.32 Å². The second kappa shape index (κ2) is 7.72. The molecule has 1 aliphatic carbocycles. The maximum atomic E-state index is 13.5. The molecule has 1 aromatic carbocycles. The van der Waals surface area contributed by atoms with Crippen molar-refractivity contribution in [2.24, 2.45) is 5.92 Å². The summed E-state index contributed by atoms with van der Waals surface area (Å²) in [5.41, 5.74) is 0.767. The third kappa shape index (κ3) is 4.27. The maximum absolute atomic E-state index is 13.5. The summed E-state index contributed by atoms with van der Waals surface area (Å²) >= 11 is 0. The van der Waals surface area contributed by atoms with E-state index in [1.807, 2.05) is 0 Å². The zero-order chi connectivity index (χ0) is 14.4. The van der Waals surface area contributed by atoms with E-state index in [1.165, 1.54) is 37.8 Å². The van der Waals surface area contributed by atoms with Crippen LogP contribution in [0.5, 0.6) is 0 Å². The van der Waals surface area contributed by atoms with Crippen LogP contribution in [0.4, 0.5) is 8.78 Å². The van der Waals surface area contributed by atoms with Crippen molar-refractivity contribution < 1.29 is 8.78 Å². The van der Waals surface area contributed by atoms with Crippen LogP contribution in [0.25, 0.3) is 0 Å². The summed E-state index contributed by atoms with van der Waals surface area (Å²) < 4.78 is 27.0. The van der Waals surface area contributed by atoms with Crippen molar-refractivity contribution in [3.8, 4) is 0 Å². The summed E-state index contributed by atoms with van der Waals surface area (Å²) in [6, 6.07) is 4.01. The zero-order valence-electron chi connectivity index (χ0n) is 12.3. The quantitative estimate of drug-likeness (QED) is 0.751. The first-order chi connectivity index (χ1) is 9.70. The van der Waals surface area contributed by atoms with Crippen LogP contribution in [0, 0.1) is 17.6 Å². The number of halogens is 2. The lowest BCUT2D eigenvalue weighted by Gasteiger charge is -2.28. The van der Waals surface area contributed by atoms with Gasteiger partial charge in [-0.25, -0.2) is 8.78 Å². The van der Waals surface area contributed by atoms with Gasteiger partial charge >= 0.3 is 0 Å². The van der Waals surface area contributed by atoms with Crippen molar-refractivity contribution in [1.82, 2.24) is 5.32 Å². The molecule has 112 valence electrons. The fourth-order valence-corrected chi connectivity index (χ4v) is 3.26. The summed E-state index contributed by atoms with van der Waals surface area (Å²) in [5.74, 6) is -0.459. The average Bonchev–Trinajstić information content (AvgIpc) is 2.67. The van der Waals surface area contributed by atoms with E-state index in [0.717, 1.165) is 37.4 Å². The molecule has 0 amide bonds. The molecule has 1 atom stereocenters. The number of hydrogen-bond acceptors (Lipinski definition) is 1. The van der Waals surface area contributed by atoms with Gasteiger partial charge in [-0.05, 0) is 49.4 Å². The van der Waals surface area contributed by atoms with Crippen molar-refractivity contribution in [2.45, 2.75) is 57.9 Å². The molecule has 1 unspecified atom stereocenters. The first kappa shape index (κ1) is 15.4. The van der Waals surface area contributed by atoms with Gasteiger partial charge in [-0.15, -0.1) is 0 Å². The highest BCUT2D eigenvalue weighted by atomic mass is 19.1. The molecule has 1 N–H and O–H groups in total. The molecule has 0 spiro atoms. The molecule has 1 saturated carbocycles. The summed E-state index contributed by atoms with van der Waals surface area (Å²) in [6.45, 7) is 3.00. The monoisotopic (exact) mass is 281 g/mol. The highest BCUT2D eigenvalue weighted by molar-refractivity contribution is 5.22. The number of hydrogen-bond donors (Lipinski definition) is 1. The van der Waals surface area contributed by atoms with Crippen LogP contribution in [0.2, 0.25) is 0 Å². The van der Waals surface area contributed by atoms with Gasteiger partial charge in [0.05, 0.1) is 0 Å². The summed E-state index contributed by atoms with van der Waals surface area (Å²) in [6.07, 6.45) is 8.36. The largest absolute Gasteiger partial charge is 0.310 e. The Bertz CT molecular complexity index is 391. The Hall–Kier alpha value is -0.960. The van der Waals surface area contributed by atoms with Crippen molar-refractivity contribution in [2.75, 3.05) is 6.54 Å². The molecule has 3 heteroatoms. The standard InChI is InChI=1S/C17H25F2N/c1-2-9-20-17(13-7-5-3-4-6-8-13)14-10-15(18)12-16(19)11-14/h10-13,17,20H,2-9H2,1H3. The van der Waals surface area contributed by atoms with E-state index < -0.39 is 11.6 Å². The minimum Gasteiger partial charge on any atom is -0.310 e. The Labute approximate surface area is 120 Å². The van der Waals surface area contributed by atoms with Gasteiger partial charge in [0.25, 0.3) is 0 Å². The minimum atomic E-state index is -0.475. The van der Waals surface area contributed by atoms with E-state index in [2.05, 4.69) is 12.2 Å². The van der Waals surface area contributed by atoms with E-state index in [1.54, 1.807) is 0 Å². The van der Waals surface area contributed by atoms with Gasteiger partial charge in [0, 0.05) is 12.1 Å². The second-order valence-electron chi connectivity index (χ2n) is 5.89. The van der Waals surface area contributed by atoms with Gasteiger partial charge in [-0.2, -0.15) is 0 Å². The Morgan fingerprint density at radius 3 is 2.20 bits per heavy atom. The van der Waals surface area contributed by atoms with Gasteiger partial charge in [0.1, 0.15) is 11.6 Å². The number of benzene rings is 1. The van der Waals surface area contributed by atoms with E-state index in [4.69, 9.17) is 0 Å². The van der Waals surface area contributed by atoms with E-state index in [9.17, 15) is 8.78 Å². The van der Waals surface area contributed by atoms with Crippen molar-refractivity contribution >= 4 is 0 Å². The Kier molecular flexibility index (Phi) is 5.96. The first-order valence-electron chi connectivity index (χ1n) is 7.90. The molecule has 1 nitrogen and oxygen atoms in total. The predicted molar refractivity (Wildman–Crippen MR) is 78.6 cm³/mol. The van der Waals surface area contributed by atoms with Gasteiger partial charge in [0.2, 0.25) is 0 Å². The third-order valence-electron chi connectivity index (χ3n) is 4.23. The fraction of sp³-hybridized carbons (Fsp3) is 0.647. The minimum absolute atomic E-state index is 0.0817. The third-order valence-corrected chi connectivity index (χ3v) is 4.23. The summed E-state index contributed by atoms with van der Waals surface area (Å²) in [5, 5.41) is 3.50. The molecular formula is C17H25F2N. The highest BCUT2D eigenvalue weighted by Crippen LogP contribution is 2.34. The molecule has 1 fully saturated rings. The molecule has 0 aliphatic heterocycles. The predicted octanol–water partition coefficient (Wildman–Crippen LogP) is 4.98. The summed E-state index contributed by atoms with van der Waals surface area (Å²) in [7, 11) is 0. The molecule has 1 aliphatic rings. The average molecular weight is 281 g/mol. The molecule has 2 rings (SSSR count). The van der Waals surface area contributed by atoms with Gasteiger partial charge < -0.3 is 5.32 Å². The molecular weight excluding hydrogens is 256 g/mol. The van der Waals surface area contributed by atoms with Crippen LogP contribution in [0.3, 0.4) is 0 Å². The lowest BCUT2D eigenvalue weighted by molar-refractivity contribution is 0.324. The van der Waals surface area contributed by atoms with Gasteiger partial charge in [-0.1, -0.05) is 32.6 Å². The lowest BCUT2D eigenvalue weighted by Crippen LogP contribution is -2.29. The van der Waals surface area contributed by atoms with Gasteiger partial charge in [0.15, 0.2) is 0 Å². The Morgan fingerprint density at radius 1 is 1.05 bits per heavy atom. The maximum Gasteiger partial charge on any atom is 0.126 e. The molecule has 20 heavy (non-hydrogen) atoms. The molecule has 0 saturated heterocycles. The zero-order valence-corrected chi connectivity index (χ0v) is 12.3. The fourth-order valence-electron chi connectivity index (χ4n) is 3.26. The van der Waals surface area contributed by atoms with Crippen molar-refractivity contribution in [3.05, 3.63) is 35.4 Å². The first-order valence-corrected chi connectivity index (χ1v) is 7.90. The van der Waals surface area contributed by atoms with Crippen LogP contribution in [0.1, 0.15) is 63.5 Å². The van der Waals surface area contributed by atoms with Crippen LogP contribution >= 0.6 is 0 Å². The van der Waals surface area contributed by atoms with Crippen molar-refractivity contribution in [1.29, 1.82) is 0 Å². The van der Waals surface area contributed by atoms with Crippen molar-refractivity contribution in [3.63, 3.8) is 0 Å². The van der Waals surface area contributed by atoms with E-state index >= 15 is 0 Å². The molecule has 0 radical (unpaired) electrons. The SMILES string of the molecule is CCCNC(c1cc(F)cc(F)c1)C1CCCCCC1. The Balaban J connectivity index is 2.20. The molecule has 0 aromatic heterocycles. The van der Waals surface area contributed by atoms with Crippen LogP contribution in [0.15, 0.2) is 18.2 Å². The Morgan fingerprint density at radius 2 is 1.65 bits per heavy atom. The summed E-state index contributed by atoms with van der Waals surface area (Å²) in [4.78, 5) is 0.